The number of aldehydes is 1. The molecule has 0 radical (unpaired) electrons. The third kappa shape index (κ3) is 3.95. The average Bonchev–Trinajstić information content (AvgIpc) is 2.30. The van der Waals surface area contributed by atoms with Crippen LogP contribution >= 0.6 is 0 Å². The van der Waals surface area contributed by atoms with Gasteiger partial charge in [-0.05, 0) is 19.3 Å². The van der Waals surface area contributed by atoms with Gasteiger partial charge in [0.1, 0.15) is 6.29 Å². The zero-order valence-corrected chi connectivity index (χ0v) is 10.3. The van der Waals surface area contributed by atoms with E-state index >= 15 is 0 Å². The molecule has 16 heavy (non-hydrogen) atoms. The molecule has 0 N–H and O–H groups in total. The number of likely N-dealkylation sites (tertiary alicyclic amines) is 1. The van der Waals surface area contributed by atoms with Gasteiger partial charge in [0.2, 0.25) is 5.91 Å². The molecular weight excluding hydrogens is 202 g/mol. The molecule has 1 atom stereocenters. The highest BCUT2D eigenvalue weighted by molar-refractivity contribution is 5.81. The third-order valence-corrected chi connectivity index (χ3v) is 3.27. The zero-order chi connectivity index (χ0) is 11.8. The Bertz CT molecular complexity index is 228. The number of nitrogens with zero attached hydrogens (tertiary/aromatic N) is 1. The summed E-state index contributed by atoms with van der Waals surface area (Å²) < 4.78 is 0. The molecule has 0 unspecified atom stereocenters. The second kappa shape index (κ2) is 7.42. The minimum absolute atomic E-state index is 0.146. The first-order valence-corrected chi connectivity index (χ1v) is 6.54. The van der Waals surface area contributed by atoms with Gasteiger partial charge in [0.15, 0.2) is 0 Å². The van der Waals surface area contributed by atoms with Crippen molar-refractivity contribution in [2.75, 3.05) is 6.54 Å². The summed E-state index contributed by atoms with van der Waals surface area (Å²) in [5.74, 6) is 0.166. The van der Waals surface area contributed by atoms with Gasteiger partial charge >= 0.3 is 0 Å². The van der Waals surface area contributed by atoms with Crippen LogP contribution in [0.25, 0.3) is 0 Å². The van der Waals surface area contributed by atoms with Crippen molar-refractivity contribution in [3.8, 4) is 0 Å². The van der Waals surface area contributed by atoms with Gasteiger partial charge in [-0.15, -0.1) is 0 Å². The van der Waals surface area contributed by atoms with Crippen LogP contribution in [-0.2, 0) is 9.59 Å². The molecule has 1 rings (SSSR count). The quantitative estimate of drug-likeness (QED) is 0.493. The highest BCUT2D eigenvalue weighted by Crippen LogP contribution is 2.17. The van der Waals surface area contributed by atoms with Crippen molar-refractivity contribution in [1.29, 1.82) is 0 Å². The van der Waals surface area contributed by atoms with E-state index in [1.807, 2.05) is 0 Å². The molecule has 3 heteroatoms. The van der Waals surface area contributed by atoms with E-state index in [0.29, 0.717) is 6.42 Å². The van der Waals surface area contributed by atoms with Gasteiger partial charge in [0.05, 0.1) is 6.04 Å². The Kier molecular flexibility index (Phi) is 6.12. The second-order valence-electron chi connectivity index (χ2n) is 4.60. The van der Waals surface area contributed by atoms with E-state index in [2.05, 4.69) is 6.92 Å². The van der Waals surface area contributed by atoms with E-state index < -0.39 is 0 Å². The number of carbonyl (C=O) groups is 2. The first kappa shape index (κ1) is 13.2. The summed E-state index contributed by atoms with van der Waals surface area (Å²) >= 11 is 0. The molecule has 92 valence electrons. The lowest BCUT2D eigenvalue weighted by molar-refractivity contribution is -0.139. The smallest absolute Gasteiger partial charge is 0.223 e. The van der Waals surface area contributed by atoms with Crippen molar-refractivity contribution in [2.24, 2.45) is 0 Å². The molecule has 0 spiro atoms. The molecule has 0 aliphatic carbocycles. The van der Waals surface area contributed by atoms with Crippen LogP contribution in [0.2, 0.25) is 0 Å². The molecule has 1 amide bonds. The fourth-order valence-electron chi connectivity index (χ4n) is 2.26. The lowest BCUT2D eigenvalue weighted by Crippen LogP contribution is -2.44. The van der Waals surface area contributed by atoms with Gasteiger partial charge in [-0.2, -0.15) is 0 Å². The number of carbonyl (C=O) groups excluding carboxylic acids is 2. The van der Waals surface area contributed by atoms with E-state index in [0.717, 1.165) is 32.1 Å². The predicted octanol–water partition coefficient (Wildman–Crippen LogP) is 2.54. The SMILES string of the molecule is CCCCCCCN1C(=O)CCC[C@@H]1C=O. The number of hydrogen-bond donors (Lipinski definition) is 0. The van der Waals surface area contributed by atoms with Crippen LogP contribution in [-0.4, -0.2) is 29.7 Å². The van der Waals surface area contributed by atoms with Crippen LogP contribution in [0.1, 0.15) is 58.3 Å². The van der Waals surface area contributed by atoms with Crippen molar-refractivity contribution in [3.63, 3.8) is 0 Å². The molecular formula is C13H23NO2. The average molecular weight is 225 g/mol. The molecule has 0 aromatic rings. The Morgan fingerprint density at radius 3 is 2.75 bits per heavy atom. The minimum atomic E-state index is -0.146. The molecule has 1 heterocycles. The van der Waals surface area contributed by atoms with E-state index in [1.54, 1.807) is 4.90 Å². The monoisotopic (exact) mass is 225 g/mol. The molecule has 0 bridgehead atoms. The van der Waals surface area contributed by atoms with Crippen LogP contribution in [0.15, 0.2) is 0 Å². The molecule has 3 nitrogen and oxygen atoms in total. The van der Waals surface area contributed by atoms with Crippen molar-refractivity contribution in [2.45, 2.75) is 64.3 Å². The fourth-order valence-corrected chi connectivity index (χ4v) is 2.26. The standard InChI is InChI=1S/C13H23NO2/c1-2-3-4-5-6-10-14-12(11-15)8-7-9-13(14)16/h11-12H,2-10H2,1H3/t12-/m1/s1. The van der Waals surface area contributed by atoms with Gasteiger partial charge in [-0.1, -0.05) is 32.6 Å². The van der Waals surface area contributed by atoms with Crippen LogP contribution in [0.3, 0.4) is 0 Å². The Morgan fingerprint density at radius 1 is 1.31 bits per heavy atom. The maximum atomic E-state index is 11.7. The fraction of sp³-hybridized carbons (Fsp3) is 0.846. The zero-order valence-electron chi connectivity index (χ0n) is 10.3. The lowest BCUT2D eigenvalue weighted by atomic mass is 10.0. The third-order valence-electron chi connectivity index (χ3n) is 3.27. The molecule has 1 saturated heterocycles. The molecule has 0 saturated carbocycles. The first-order chi connectivity index (χ1) is 7.79. The van der Waals surface area contributed by atoms with Gasteiger partial charge in [-0.3, -0.25) is 4.79 Å². The number of hydrogen-bond acceptors (Lipinski definition) is 2. The molecule has 1 aliphatic rings. The predicted molar refractivity (Wildman–Crippen MR) is 64.2 cm³/mol. The Labute approximate surface area is 98.2 Å². The van der Waals surface area contributed by atoms with Crippen LogP contribution in [0.4, 0.5) is 0 Å². The number of unbranched alkanes of at least 4 members (excludes halogenated alkanes) is 4. The summed E-state index contributed by atoms with van der Waals surface area (Å²) in [5.41, 5.74) is 0. The summed E-state index contributed by atoms with van der Waals surface area (Å²) in [6.07, 6.45) is 9.23. The van der Waals surface area contributed by atoms with Crippen molar-refractivity contribution < 1.29 is 9.59 Å². The van der Waals surface area contributed by atoms with E-state index in [4.69, 9.17) is 0 Å². The summed E-state index contributed by atoms with van der Waals surface area (Å²) in [4.78, 5) is 24.3. The van der Waals surface area contributed by atoms with Crippen molar-refractivity contribution in [3.05, 3.63) is 0 Å². The van der Waals surface area contributed by atoms with E-state index in [9.17, 15) is 9.59 Å². The van der Waals surface area contributed by atoms with Crippen LogP contribution < -0.4 is 0 Å². The summed E-state index contributed by atoms with van der Waals surface area (Å²) in [7, 11) is 0. The van der Waals surface area contributed by atoms with Gasteiger partial charge in [0, 0.05) is 13.0 Å². The number of piperidine rings is 1. The highest BCUT2D eigenvalue weighted by atomic mass is 16.2. The summed E-state index contributed by atoms with van der Waals surface area (Å²) in [5, 5.41) is 0. The van der Waals surface area contributed by atoms with Crippen LogP contribution in [0, 0.1) is 0 Å². The topological polar surface area (TPSA) is 37.4 Å². The van der Waals surface area contributed by atoms with Crippen LogP contribution in [0.5, 0.6) is 0 Å². The Balaban J connectivity index is 2.26. The lowest BCUT2D eigenvalue weighted by Gasteiger charge is -2.32. The minimum Gasteiger partial charge on any atom is -0.333 e. The normalized spacial score (nSPS) is 21.2. The van der Waals surface area contributed by atoms with E-state index in [-0.39, 0.29) is 11.9 Å². The Morgan fingerprint density at radius 2 is 2.06 bits per heavy atom. The first-order valence-electron chi connectivity index (χ1n) is 6.54. The molecule has 0 aromatic heterocycles. The maximum absolute atomic E-state index is 11.7. The molecule has 0 aromatic carbocycles. The summed E-state index contributed by atoms with van der Waals surface area (Å²) in [6, 6.07) is -0.146. The van der Waals surface area contributed by atoms with Gasteiger partial charge in [-0.25, -0.2) is 0 Å². The van der Waals surface area contributed by atoms with E-state index in [1.165, 1.54) is 25.7 Å². The van der Waals surface area contributed by atoms with Gasteiger partial charge < -0.3 is 9.69 Å². The number of amides is 1. The van der Waals surface area contributed by atoms with Crippen molar-refractivity contribution >= 4 is 12.2 Å². The second-order valence-corrected chi connectivity index (χ2v) is 4.60. The maximum Gasteiger partial charge on any atom is 0.223 e. The number of rotatable bonds is 7. The Hall–Kier alpha value is -0.860. The largest absolute Gasteiger partial charge is 0.333 e. The molecule has 1 fully saturated rings. The highest BCUT2D eigenvalue weighted by Gasteiger charge is 2.26. The van der Waals surface area contributed by atoms with Gasteiger partial charge in [0.25, 0.3) is 0 Å². The summed E-state index contributed by atoms with van der Waals surface area (Å²) in [6.45, 7) is 2.96. The van der Waals surface area contributed by atoms with Crippen molar-refractivity contribution in [1.82, 2.24) is 4.90 Å². The molecule has 1 aliphatic heterocycles.